The summed E-state index contributed by atoms with van der Waals surface area (Å²) in [5.41, 5.74) is 4.49. The van der Waals surface area contributed by atoms with Gasteiger partial charge in [-0.2, -0.15) is 0 Å². The van der Waals surface area contributed by atoms with Gasteiger partial charge >= 0.3 is 0 Å². The summed E-state index contributed by atoms with van der Waals surface area (Å²) in [4.78, 5) is 4.41. The SMILES string of the molecule is COc1ccc(Cl)c(Cl)c1-c1cc(Nc2ccc(C)cc2)ccn1. The van der Waals surface area contributed by atoms with Gasteiger partial charge in [0.25, 0.3) is 0 Å². The molecule has 0 amide bonds. The monoisotopic (exact) mass is 358 g/mol. The van der Waals surface area contributed by atoms with Gasteiger partial charge in [-0.05, 0) is 43.3 Å². The molecule has 0 atom stereocenters. The maximum Gasteiger partial charge on any atom is 0.129 e. The fourth-order valence-corrected chi connectivity index (χ4v) is 2.80. The third kappa shape index (κ3) is 3.48. The molecule has 1 aromatic heterocycles. The summed E-state index contributed by atoms with van der Waals surface area (Å²) in [5.74, 6) is 0.629. The Labute approximate surface area is 151 Å². The van der Waals surface area contributed by atoms with Gasteiger partial charge in [-0.25, -0.2) is 0 Å². The number of pyridine rings is 1. The second-order valence-electron chi connectivity index (χ2n) is 5.36. The van der Waals surface area contributed by atoms with Crippen LogP contribution >= 0.6 is 23.2 Å². The highest BCUT2D eigenvalue weighted by Gasteiger charge is 2.15. The van der Waals surface area contributed by atoms with E-state index in [9.17, 15) is 0 Å². The average molecular weight is 359 g/mol. The van der Waals surface area contributed by atoms with Crippen molar-refractivity contribution < 1.29 is 4.74 Å². The zero-order valence-corrected chi connectivity index (χ0v) is 14.8. The van der Waals surface area contributed by atoms with Gasteiger partial charge < -0.3 is 10.1 Å². The van der Waals surface area contributed by atoms with Crippen LogP contribution in [0.5, 0.6) is 5.75 Å². The number of rotatable bonds is 4. The number of nitrogens with one attached hydrogen (secondary N) is 1. The van der Waals surface area contributed by atoms with Crippen LogP contribution in [0.1, 0.15) is 5.56 Å². The van der Waals surface area contributed by atoms with E-state index < -0.39 is 0 Å². The minimum Gasteiger partial charge on any atom is -0.496 e. The molecule has 1 heterocycles. The highest BCUT2D eigenvalue weighted by Crippen LogP contribution is 2.40. The number of hydrogen-bond donors (Lipinski definition) is 1. The molecule has 0 spiro atoms. The first-order chi connectivity index (χ1) is 11.6. The number of ether oxygens (including phenoxy) is 1. The summed E-state index contributed by atoms with van der Waals surface area (Å²) in [5, 5.41) is 4.25. The van der Waals surface area contributed by atoms with Gasteiger partial charge in [0.2, 0.25) is 0 Å². The first-order valence-corrected chi connectivity index (χ1v) is 8.16. The van der Waals surface area contributed by atoms with Gasteiger partial charge in [0.1, 0.15) is 5.75 Å². The first kappa shape index (κ1) is 16.6. The van der Waals surface area contributed by atoms with E-state index in [1.54, 1.807) is 25.4 Å². The van der Waals surface area contributed by atoms with Crippen molar-refractivity contribution in [2.45, 2.75) is 6.92 Å². The molecule has 0 unspecified atom stereocenters. The van der Waals surface area contributed by atoms with Gasteiger partial charge in [0, 0.05) is 17.6 Å². The smallest absolute Gasteiger partial charge is 0.129 e. The van der Waals surface area contributed by atoms with Crippen LogP contribution in [-0.4, -0.2) is 12.1 Å². The summed E-state index contributed by atoms with van der Waals surface area (Å²) in [6.45, 7) is 2.06. The van der Waals surface area contributed by atoms with Crippen molar-refractivity contribution in [3.05, 3.63) is 70.3 Å². The third-order valence-electron chi connectivity index (χ3n) is 3.63. The molecule has 0 bridgehead atoms. The average Bonchev–Trinajstić information content (AvgIpc) is 2.59. The maximum absolute atomic E-state index is 6.37. The zero-order valence-electron chi connectivity index (χ0n) is 13.3. The standard InChI is InChI=1S/C19H16Cl2N2O/c1-12-3-5-13(6-4-12)23-14-9-10-22-16(11-14)18-17(24-2)8-7-15(20)19(18)21/h3-11H,1-2H3,(H,22,23). The summed E-state index contributed by atoms with van der Waals surface area (Å²) >= 11 is 12.5. The Bertz CT molecular complexity index is 864. The van der Waals surface area contributed by atoms with Crippen molar-refractivity contribution in [2.75, 3.05) is 12.4 Å². The Hall–Kier alpha value is -2.23. The molecular formula is C19H16Cl2N2O. The number of nitrogens with zero attached hydrogens (tertiary/aromatic N) is 1. The fraction of sp³-hybridized carbons (Fsp3) is 0.105. The second kappa shape index (κ2) is 7.12. The molecule has 0 aliphatic rings. The number of halogens is 2. The highest BCUT2D eigenvalue weighted by molar-refractivity contribution is 6.44. The van der Waals surface area contributed by atoms with Crippen molar-refractivity contribution in [2.24, 2.45) is 0 Å². The molecule has 3 rings (SSSR count). The lowest BCUT2D eigenvalue weighted by Gasteiger charge is -2.13. The van der Waals surface area contributed by atoms with Crippen molar-refractivity contribution in [3.63, 3.8) is 0 Å². The third-order valence-corrected chi connectivity index (χ3v) is 4.44. The molecule has 0 saturated carbocycles. The number of aromatic nitrogens is 1. The van der Waals surface area contributed by atoms with E-state index in [1.165, 1.54) is 5.56 Å². The molecular weight excluding hydrogens is 343 g/mol. The minimum absolute atomic E-state index is 0.427. The van der Waals surface area contributed by atoms with E-state index in [0.717, 1.165) is 11.4 Å². The fourth-order valence-electron chi connectivity index (χ4n) is 2.39. The molecule has 5 heteroatoms. The van der Waals surface area contributed by atoms with Crippen LogP contribution in [0.4, 0.5) is 11.4 Å². The molecule has 0 radical (unpaired) electrons. The first-order valence-electron chi connectivity index (χ1n) is 7.40. The summed E-state index contributed by atoms with van der Waals surface area (Å²) < 4.78 is 5.40. The molecule has 1 N–H and O–H groups in total. The second-order valence-corrected chi connectivity index (χ2v) is 6.14. The number of aryl methyl sites for hydroxylation is 1. The summed E-state index contributed by atoms with van der Waals surface area (Å²) in [6.07, 6.45) is 1.72. The predicted molar refractivity (Wildman–Crippen MR) is 101 cm³/mol. The van der Waals surface area contributed by atoms with Crippen LogP contribution in [0.15, 0.2) is 54.7 Å². The molecule has 0 saturated heterocycles. The molecule has 3 aromatic rings. The summed E-state index contributed by atoms with van der Waals surface area (Å²) in [7, 11) is 1.59. The quantitative estimate of drug-likeness (QED) is 0.610. The largest absolute Gasteiger partial charge is 0.496 e. The van der Waals surface area contributed by atoms with Crippen molar-refractivity contribution in [1.82, 2.24) is 4.98 Å². The van der Waals surface area contributed by atoms with E-state index in [2.05, 4.69) is 29.4 Å². The molecule has 0 aliphatic heterocycles. The molecule has 24 heavy (non-hydrogen) atoms. The predicted octanol–water partition coefficient (Wildman–Crippen LogP) is 6.12. The molecule has 122 valence electrons. The Balaban J connectivity index is 1.99. The summed E-state index contributed by atoms with van der Waals surface area (Å²) in [6, 6.07) is 15.5. The van der Waals surface area contributed by atoms with Gasteiger partial charge in [-0.15, -0.1) is 0 Å². The lowest BCUT2D eigenvalue weighted by molar-refractivity contribution is 0.416. The Morgan fingerprint density at radius 2 is 1.71 bits per heavy atom. The minimum atomic E-state index is 0.427. The van der Waals surface area contributed by atoms with Crippen LogP contribution in [0.2, 0.25) is 10.0 Å². The normalized spacial score (nSPS) is 10.5. The maximum atomic E-state index is 6.37. The zero-order chi connectivity index (χ0) is 17.1. The van der Waals surface area contributed by atoms with Gasteiger partial charge in [0.15, 0.2) is 0 Å². The molecule has 3 nitrogen and oxygen atoms in total. The van der Waals surface area contributed by atoms with Gasteiger partial charge in [0.05, 0.1) is 28.4 Å². The van der Waals surface area contributed by atoms with Crippen LogP contribution in [0, 0.1) is 6.92 Å². The van der Waals surface area contributed by atoms with E-state index in [-0.39, 0.29) is 0 Å². The lowest BCUT2D eigenvalue weighted by Crippen LogP contribution is -1.95. The topological polar surface area (TPSA) is 34.1 Å². The van der Waals surface area contributed by atoms with Crippen LogP contribution in [0.3, 0.4) is 0 Å². The van der Waals surface area contributed by atoms with E-state index in [4.69, 9.17) is 27.9 Å². The van der Waals surface area contributed by atoms with Gasteiger partial charge in [-0.3, -0.25) is 4.98 Å². The molecule has 0 fully saturated rings. The number of hydrogen-bond acceptors (Lipinski definition) is 3. The van der Waals surface area contributed by atoms with Crippen molar-refractivity contribution in [3.8, 4) is 17.0 Å². The Morgan fingerprint density at radius 3 is 2.42 bits per heavy atom. The van der Waals surface area contributed by atoms with Crippen LogP contribution < -0.4 is 10.1 Å². The van der Waals surface area contributed by atoms with Crippen molar-refractivity contribution >= 4 is 34.6 Å². The Morgan fingerprint density at radius 1 is 0.958 bits per heavy atom. The van der Waals surface area contributed by atoms with E-state index >= 15 is 0 Å². The van der Waals surface area contributed by atoms with Gasteiger partial charge in [-0.1, -0.05) is 40.9 Å². The van der Waals surface area contributed by atoms with E-state index in [1.807, 2.05) is 24.3 Å². The highest BCUT2D eigenvalue weighted by atomic mass is 35.5. The number of methoxy groups -OCH3 is 1. The Kier molecular flexibility index (Phi) is 4.93. The van der Waals surface area contributed by atoms with Crippen molar-refractivity contribution in [1.29, 1.82) is 0 Å². The number of anilines is 2. The lowest BCUT2D eigenvalue weighted by atomic mass is 10.1. The van der Waals surface area contributed by atoms with E-state index in [0.29, 0.717) is 27.1 Å². The van der Waals surface area contributed by atoms with Crippen LogP contribution in [0.25, 0.3) is 11.3 Å². The number of benzene rings is 2. The van der Waals surface area contributed by atoms with Crippen LogP contribution in [-0.2, 0) is 0 Å². The molecule has 2 aromatic carbocycles. The molecule has 0 aliphatic carbocycles.